The fourth-order valence-electron chi connectivity index (χ4n) is 1.56. The second-order valence-electron chi connectivity index (χ2n) is 3.58. The molecular formula is C9H11F3N2O4. The van der Waals surface area contributed by atoms with Crippen molar-refractivity contribution in [3.05, 3.63) is 0 Å². The topological polar surface area (TPSA) is 75.7 Å². The zero-order chi connectivity index (χ0) is 13.9. The summed E-state index contributed by atoms with van der Waals surface area (Å²) in [6, 6.07) is -1.49. The molecule has 9 heteroatoms. The lowest BCUT2D eigenvalue weighted by Crippen LogP contribution is -2.60. The van der Waals surface area contributed by atoms with Crippen LogP contribution in [0.3, 0.4) is 0 Å². The van der Waals surface area contributed by atoms with Gasteiger partial charge in [0, 0.05) is 13.1 Å². The van der Waals surface area contributed by atoms with Crippen molar-refractivity contribution in [2.24, 2.45) is 0 Å². The predicted molar refractivity (Wildman–Crippen MR) is 51.2 cm³/mol. The number of hydrogen-bond donors (Lipinski definition) is 1. The summed E-state index contributed by atoms with van der Waals surface area (Å²) in [4.78, 5) is 33.9. The molecule has 1 atom stereocenters. The van der Waals surface area contributed by atoms with Gasteiger partial charge in [0.1, 0.15) is 6.04 Å². The Labute approximate surface area is 100 Å². The highest BCUT2D eigenvalue weighted by Gasteiger charge is 2.47. The molecule has 0 radical (unpaired) electrons. The van der Waals surface area contributed by atoms with Crippen molar-refractivity contribution in [1.29, 1.82) is 0 Å². The van der Waals surface area contributed by atoms with E-state index in [0.29, 0.717) is 4.90 Å². The summed E-state index contributed by atoms with van der Waals surface area (Å²) in [7, 11) is 1.04. The summed E-state index contributed by atoms with van der Waals surface area (Å²) in [5, 5.41) is 2.29. The lowest BCUT2D eigenvalue weighted by Gasteiger charge is -2.34. The predicted octanol–water partition coefficient (Wildman–Crippen LogP) is -0.561. The first-order valence-corrected chi connectivity index (χ1v) is 4.99. The Morgan fingerprint density at radius 1 is 1.50 bits per heavy atom. The number of piperazine rings is 1. The summed E-state index contributed by atoms with van der Waals surface area (Å²) in [5.74, 6) is -3.80. The zero-order valence-electron chi connectivity index (χ0n) is 9.41. The maximum atomic E-state index is 12.3. The molecule has 0 unspecified atom stereocenters. The van der Waals surface area contributed by atoms with Gasteiger partial charge in [-0.15, -0.1) is 0 Å². The molecule has 2 amide bonds. The van der Waals surface area contributed by atoms with E-state index in [-0.39, 0.29) is 13.1 Å². The van der Waals surface area contributed by atoms with Gasteiger partial charge in [-0.1, -0.05) is 0 Å². The maximum Gasteiger partial charge on any atom is 0.471 e. The normalized spacial score (nSPS) is 20.3. The van der Waals surface area contributed by atoms with Crippen LogP contribution in [0.15, 0.2) is 0 Å². The van der Waals surface area contributed by atoms with Gasteiger partial charge in [-0.05, 0) is 0 Å². The molecule has 102 valence electrons. The first-order chi connectivity index (χ1) is 8.27. The van der Waals surface area contributed by atoms with Crippen LogP contribution in [0.1, 0.15) is 6.42 Å². The summed E-state index contributed by atoms with van der Waals surface area (Å²) >= 11 is 0. The van der Waals surface area contributed by atoms with Gasteiger partial charge >= 0.3 is 18.1 Å². The van der Waals surface area contributed by atoms with Gasteiger partial charge in [0.25, 0.3) is 0 Å². The fraction of sp³-hybridized carbons (Fsp3) is 0.667. The molecule has 0 aromatic heterocycles. The molecule has 0 aromatic carbocycles. The van der Waals surface area contributed by atoms with Crippen LogP contribution in [-0.2, 0) is 19.1 Å². The standard InChI is InChI=1S/C9H11F3N2O4/c1-18-6(15)4-5-7(16)13-2-3-14(5)8(17)9(10,11)12/h5H,2-4H2,1H3,(H,13,16)/t5-/m1/s1. The van der Waals surface area contributed by atoms with Crippen molar-refractivity contribution in [3.8, 4) is 0 Å². The molecule has 1 saturated heterocycles. The van der Waals surface area contributed by atoms with Gasteiger partial charge in [0.15, 0.2) is 0 Å². The van der Waals surface area contributed by atoms with Crippen LogP contribution >= 0.6 is 0 Å². The lowest BCUT2D eigenvalue weighted by molar-refractivity contribution is -0.190. The van der Waals surface area contributed by atoms with E-state index < -0.39 is 36.4 Å². The van der Waals surface area contributed by atoms with E-state index in [2.05, 4.69) is 10.1 Å². The molecule has 0 saturated carbocycles. The lowest BCUT2D eigenvalue weighted by atomic mass is 10.1. The minimum absolute atomic E-state index is 0.0850. The SMILES string of the molecule is COC(=O)C[C@@H]1C(=O)NCCN1C(=O)C(F)(F)F. The summed E-state index contributed by atoms with van der Waals surface area (Å²) in [6.07, 6.45) is -5.68. The molecule has 1 heterocycles. The van der Waals surface area contributed by atoms with Crippen molar-refractivity contribution in [3.63, 3.8) is 0 Å². The first kappa shape index (κ1) is 14.3. The molecule has 1 rings (SSSR count). The Kier molecular flexibility index (Phi) is 4.15. The molecule has 6 nitrogen and oxygen atoms in total. The number of ether oxygens (including phenoxy) is 1. The number of halogens is 3. The molecule has 0 aromatic rings. The van der Waals surface area contributed by atoms with Crippen LogP contribution < -0.4 is 5.32 Å². The highest BCUT2D eigenvalue weighted by atomic mass is 19.4. The molecule has 0 bridgehead atoms. The van der Waals surface area contributed by atoms with Crippen LogP contribution in [0, 0.1) is 0 Å². The number of methoxy groups -OCH3 is 1. The molecule has 1 aliphatic rings. The number of carbonyl (C=O) groups excluding carboxylic acids is 3. The number of carbonyl (C=O) groups is 3. The van der Waals surface area contributed by atoms with Crippen LogP contribution in [0.5, 0.6) is 0 Å². The Balaban J connectivity index is 2.88. The van der Waals surface area contributed by atoms with Gasteiger partial charge in [-0.3, -0.25) is 14.4 Å². The van der Waals surface area contributed by atoms with Gasteiger partial charge < -0.3 is 15.0 Å². The Morgan fingerprint density at radius 2 is 2.11 bits per heavy atom. The molecule has 0 spiro atoms. The van der Waals surface area contributed by atoms with Crippen molar-refractivity contribution in [1.82, 2.24) is 10.2 Å². The third-order valence-electron chi connectivity index (χ3n) is 2.42. The van der Waals surface area contributed by atoms with Gasteiger partial charge in [-0.2, -0.15) is 13.2 Å². The highest BCUT2D eigenvalue weighted by molar-refractivity contribution is 5.93. The Morgan fingerprint density at radius 3 is 2.61 bits per heavy atom. The number of rotatable bonds is 2. The first-order valence-electron chi connectivity index (χ1n) is 4.99. The number of amides is 2. The monoisotopic (exact) mass is 268 g/mol. The van der Waals surface area contributed by atoms with Crippen molar-refractivity contribution in [2.75, 3.05) is 20.2 Å². The van der Waals surface area contributed by atoms with E-state index in [4.69, 9.17) is 0 Å². The molecular weight excluding hydrogens is 257 g/mol. The van der Waals surface area contributed by atoms with Crippen LogP contribution in [-0.4, -0.2) is 55.1 Å². The maximum absolute atomic E-state index is 12.3. The number of esters is 1. The Bertz CT molecular complexity index is 369. The smallest absolute Gasteiger partial charge is 0.469 e. The molecule has 1 aliphatic heterocycles. The highest BCUT2D eigenvalue weighted by Crippen LogP contribution is 2.22. The third-order valence-corrected chi connectivity index (χ3v) is 2.42. The second kappa shape index (κ2) is 5.23. The quantitative estimate of drug-likeness (QED) is 0.681. The van der Waals surface area contributed by atoms with E-state index in [1.807, 2.05) is 0 Å². The largest absolute Gasteiger partial charge is 0.471 e. The van der Waals surface area contributed by atoms with Gasteiger partial charge in [0.2, 0.25) is 5.91 Å². The third kappa shape index (κ3) is 3.11. The minimum atomic E-state index is -5.08. The summed E-state index contributed by atoms with van der Waals surface area (Å²) < 4.78 is 41.2. The van der Waals surface area contributed by atoms with E-state index >= 15 is 0 Å². The van der Waals surface area contributed by atoms with Crippen LogP contribution in [0.4, 0.5) is 13.2 Å². The van der Waals surface area contributed by atoms with E-state index in [1.165, 1.54) is 0 Å². The molecule has 18 heavy (non-hydrogen) atoms. The van der Waals surface area contributed by atoms with Crippen LogP contribution in [0.25, 0.3) is 0 Å². The summed E-state index contributed by atoms with van der Waals surface area (Å²) in [6.45, 7) is -0.385. The Hall–Kier alpha value is -1.80. The van der Waals surface area contributed by atoms with Crippen molar-refractivity contribution < 1.29 is 32.3 Å². The van der Waals surface area contributed by atoms with Gasteiger partial charge in [-0.25, -0.2) is 0 Å². The molecule has 0 aliphatic carbocycles. The number of hydrogen-bond acceptors (Lipinski definition) is 4. The molecule has 1 N–H and O–H groups in total. The number of nitrogens with one attached hydrogen (secondary N) is 1. The zero-order valence-corrected chi connectivity index (χ0v) is 9.41. The summed E-state index contributed by atoms with van der Waals surface area (Å²) in [5.41, 5.74) is 0. The number of nitrogens with zero attached hydrogens (tertiary/aromatic N) is 1. The van der Waals surface area contributed by atoms with E-state index in [0.717, 1.165) is 7.11 Å². The van der Waals surface area contributed by atoms with E-state index in [9.17, 15) is 27.6 Å². The van der Waals surface area contributed by atoms with Gasteiger partial charge in [0.05, 0.1) is 13.5 Å². The van der Waals surface area contributed by atoms with Crippen molar-refractivity contribution >= 4 is 17.8 Å². The van der Waals surface area contributed by atoms with Crippen LogP contribution in [0.2, 0.25) is 0 Å². The molecule has 1 fully saturated rings. The average Bonchev–Trinajstić information content (AvgIpc) is 2.29. The second-order valence-corrected chi connectivity index (χ2v) is 3.58. The average molecular weight is 268 g/mol. The fourth-order valence-corrected chi connectivity index (χ4v) is 1.56. The minimum Gasteiger partial charge on any atom is -0.469 e. The number of alkyl halides is 3. The van der Waals surface area contributed by atoms with Crippen molar-refractivity contribution in [2.45, 2.75) is 18.6 Å². The van der Waals surface area contributed by atoms with E-state index in [1.54, 1.807) is 0 Å².